The second kappa shape index (κ2) is 6.84. The fourth-order valence-corrected chi connectivity index (χ4v) is 2.82. The number of hydrogen-bond donors (Lipinski definition) is 3. The van der Waals surface area contributed by atoms with E-state index in [2.05, 4.69) is 43.0 Å². The van der Waals surface area contributed by atoms with Gasteiger partial charge in [-0.05, 0) is 32.5 Å². The molecular formula is C14H27N5. The molecule has 0 fully saturated rings. The number of nitrogens with zero attached hydrogens (tertiary/aromatic N) is 2. The first-order chi connectivity index (χ1) is 9.04. The van der Waals surface area contributed by atoms with Gasteiger partial charge in [0.1, 0.15) is 0 Å². The van der Waals surface area contributed by atoms with Crippen LogP contribution in [0.15, 0.2) is 18.5 Å². The summed E-state index contributed by atoms with van der Waals surface area (Å²) in [5.74, 6) is 5.82. The number of rotatable bonds is 7. The number of pyridine rings is 1. The number of nitrogens with two attached hydrogens (primary N) is 2. The van der Waals surface area contributed by atoms with Crippen molar-refractivity contribution in [2.45, 2.75) is 45.7 Å². The van der Waals surface area contributed by atoms with E-state index >= 15 is 0 Å². The summed E-state index contributed by atoms with van der Waals surface area (Å²) in [4.78, 5) is 6.59. The molecule has 5 heteroatoms. The molecule has 5 N–H and O–H groups in total. The monoisotopic (exact) mass is 265 g/mol. The summed E-state index contributed by atoms with van der Waals surface area (Å²) >= 11 is 0. The molecule has 1 aromatic heterocycles. The van der Waals surface area contributed by atoms with E-state index in [1.165, 1.54) is 0 Å². The molecule has 0 aliphatic heterocycles. The maximum absolute atomic E-state index is 6.08. The molecule has 0 saturated carbocycles. The SMILES string of the molecule is CCN(CC)C(C)(CC)C(NN)c1cnccc1N. The fraction of sp³-hybridized carbons (Fsp3) is 0.643. The van der Waals surface area contributed by atoms with Crippen LogP contribution in [-0.2, 0) is 0 Å². The van der Waals surface area contributed by atoms with E-state index in [1.54, 1.807) is 12.4 Å². The molecule has 0 aromatic carbocycles. The fourth-order valence-electron chi connectivity index (χ4n) is 2.82. The Hall–Kier alpha value is -1.17. The zero-order chi connectivity index (χ0) is 14.5. The van der Waals surface area contributed by atoms with Crippen molar-refractivity contribution in [1.29, 1.82) is 0 Å². The van der Waals surface area contributed by atoms with E-state index in [9.17, 15) is 0 Å². The number of likely N-dealkylation sites (N-methyl/N-ethyl adjacent to an activating group) is 1. The van der Waals surface area contributed by atoms with Crippen molar-refractivity contribution in [2.24, 2.45) is 5.84 Å². The molecule has 0 spiro atoms. The molecule has 1 aromatic rings. The second-order valence-electron chi connectivity index (χ2n) is 4.99. The van der Waals surface area contributed by atoms with Crippen LogP contribution in [-0.4, -0.2) is 28.5 Å². The number of anilines is 1. The standard InChI is InChI=1S/C14H27N5/c1-5-14(4,19(6-2)7-3)13(18-16)11-10-17-9-8-12(11)15/h8-10,13,18H,5-7,16H2,1-4H3,(H2,15,17). The molecular weight excluding hydrogens is 238 g/mol. The first kappa shape index (κ1) is 15.9. The van der Waals surface area contributed by atoms with Crippen molar-refractivity contribution >= 4 is 5.69 Å². The molecule has 2 unspecified atom stereocenters. The summed E-state index contributed by atoms with van der Waals surface area (Å²) in [5.41, 5.74) is 10.6. The van der Waals surface area contributed by atoms with Crippen LogP contribution in [0.5, 0.6) is 0 Å². The molecule has 0 radical (unpaired) electrons. The van der Waals surface area contributed by atoms with E-state index in [0.717, 1.165) is 30.8 Å². The number of nitrogens with one attached hydrogen (secondary N) is 1. The topological polar surface area (TPSA) is 80.2 Å². The van der Waals surface area contributed by atoms with Crippen LogP contribution in [0.1, 0.15) is 45.7 Å². The van der Waals surface area contributed by atoms with Gasteiger partial charge in [0, 0.05) is 29.2 Å². The number of aromatic nitrogens is 1. The molecule has 1 heterocycles. The minimum atomic E-state index is -0.102. The third kappa shape index (κ3) is 3.05. The first-order valence-electron chi connectivity index (χ1n) is 6.95. The van der Waals surface area contributed by atoms with Crippen molar-refractivity contribution in [3.8, 4) is 0 Å². The van der Waals surface area contributed by atoms with Crippen LogP contribution in [0.25, 0.3) is 0 Å². The van der Waals surface area contributed by atoms with Gasteiger partial charge < -0.3 is 5.73 Å². The molecule has 1 rings (SSSR count). The zero-order valence-corrected chi connectivity index (χ0v) is 12.5. The predicted octanol–water partition coefficient (Wildman–Crippen LogP) is 1.68. The zero-order valence-electron chi connectivity index (χ0n) is 12.5. The minimum Gasteiger partial charge on any atom is -0.398 e. The summed E-state index contributed by atoms with van der Waals surface area (Å²) < 4.78 is 0. The summed E-state index contributed by atoms with van der Waals surface area (Å²) in [6, 6.07) is 1.77. The van der Waals surface area contributed by atoms with E-state index in [-0.39, 0.29) is 11.6 Å². The number of hydrazine groups is 1. The Kier molecular flexibility index (Phi) is 5.72. The minimum absolute atomic E-state index is 0.0499. The lowest BCUT2D eigenvalue weighted by atomic mass is 9.83. The quantitative estimate of drug-likeness (QED) is 0.516. The van der Waals surface area contributed by atoms with Gasteiger partial charge in [0.05, 0.1) is 6.04 Å². The molecule has 2 atom stereocenters. The van der Waals surface area contributed by atoms with Crippen LogP contribution in [0.3, 0.4) is 0 Å². The van der Waals surface area contributed by atoms with Crippen molar-refractivity contribution in [3.63, 3.8) is 0 Å². The molecule has 108 valence electrons. The third-order valence-electron chi connectivity index (χ3n) is 4.19. The molecule has 0 bridgehead atoms. The van der Waals surface area contributed by atoms with E-state index in [4.69, 9.17) is 11.6 Å². The van der Waals surface area contributed by atoms with Gasteiger partial charge in [-0.3, -0.25) is 21.2 Å². The smallest absolute Gasteiger partial charge is 0.0676 e. The van der Waals surface area contributed by atoms with Crippen LogP contribution in [0, 0.1) is 0 Å². The Bertz CT molecular complexity index is 391. The van der Waals surface area contributed by atoms with Crippen LogP contribution in [0.2, 0.25) is 0 Å². The molecule has 0 saturated heterocycles. The van der Waals surface area contributed by atoms with Crippen LogP contribution < -0.4 is 17.0 Å². The van der Waals surface area contributed by atoms with Crippen molar-refractivity contribution in [2.75, 3.05) is 18.8 Å². The van der Waals surface area contributed by atoms with Crippen molar-refractivity contribution < 1.29 is 0 Å². The average Bonchev–Trinajstić information content (AvgIpc) is 2.43. The second-order valence-corrected chi connectivity index (χ2v) is 4.99. The average molecular weight is 265 g/mol. The lowest BCUT2D eigenvalue weighted by molar-refractivity contribution is 0.0700. The highest BCUT2D eigenvalue weighted by Gasteiger charge is 2.38. The van der Waals surface area contributed by atoms with Gasteiger partial charge in [0.25, 0.3) is 0 Å². The van der Waals surface area contributed by atoms with Gasteiger partial charge in [0.2, 0.25) is 0 Å². The lowest BCUT2D eigenvalue weighted by Crippen LogP contribution is -2.55. The largest absolute Gasteiger partial charge is 0.398 e. The molecule has 0 aliphatic carbocycles. The van der Waals surface area contributed by atoms with Crippen LogP contribution >= 0.6 is 0 Å². The molecule has 0 amide bonds. The van der Waals surface area contributed by atoms with Gasteiger partial charge in [-0.1, -0.05) is 20.8 Å². The summed E-state index contributed by atoms with van der Waals surface area (Å²) in [6.45, 7) is 10.7. The highest BCUT2D eigenvalue weighted by molar-refractivity contribution is 5.47. The van der Waals surface area contributed by atoms with Gasteiger partial charge in [-0.15, -0.1) is 0 Å². The lowest BCUT2D eigenvalue weighted by Gasteiger charge is -2.45. The van der Waals surface area contributed by atoms with Gasteiger partial charge in [0.15, 0.2) is 0 Å². The normalized spacial score (nSPS) is 16.3. The maximum atomic E-state index is 6.08. The van der Waals surface area contributed by atoms with Crippen LogP contribution in [0.4, 0.5) is 5.69 Å². The molecule has 5 nitrogen and oxygen atoms in total. The first-order valence-corrected chi connectivity index (χ1v) is 6.95. The van der Waals surface area contributed by atoms with Gasteiger partial charge >= 0.3 is 0 Å². The van der Waals surface area contributed by atoms with Crippen molar-refractivity contribution in [3.05, 3.63) is 24.0 Å². The van der Waals surface area contributed by atoms with E-state index in [1.807, 2.05) is 6.07 Å². The summed E-state index contributed by atoms with van der Waals surface area (Å²) in [7, 11) is 0. The molecule has 19 heavy (non-hydrogen) atoms. The Balaban J connectivity index is 3.22. The highest BCUT2D eigenvalue weighted by Crippen LogP contribution is 2.35. The Morgan fingerprint density at radius 1 is 1.37 bits per heavy atom. The number of nitrogen functional groups attached to an aromatic ring is 1. The Labute approximate surface area is 116 Å². The van der Waals surface area contributed by atoms with Gasteiger partial charge in [-0.2, -0.15) is 0 Å². The van der Waals surface area contributed by atoms with E-state index in [0.29, 0.717) is 0 Å². The third-order valence-corrected chi connectivity index (χ3v) is 4.19. The summed E-state index contributed by atoms with van der Waals surface area (Å²) in [5, 5.41) is 0. The summed E-state index contributed by atoms with van der Waals surface area (Å²) in [6.07, 6.45) is 4.47. The highest BCUT2D eigenvalue weighted by atomic mass is 15.3. The maximum Gasteiger partial charge on any atom is 0.0676 e. The van der Waals surface area contributed by atoms with Crippen molar-refractivity contribution in [1.82, 2.24) is 15.3 Å². The predicted molar refractivity (Wildman–Crippen MR) is 80.3 cm³/mol. The van der Waals surface area contributed by atoms with Gasteiger partial charge in [-0.25, -0.2) is 0 Å². The number of hydrogen-bond acceptors (Lipinski definition) is 5. The Morgan fingerprint density at radius 2 is 2.00 bits per heavy atom. The molecule has 0 aliphatic rings. The van der Waals surface area contributed by atoms with E-state index < -0.39 is 0 Å². The Morgan fingerprint density at radius 3 is 2.42 bits per heavy atom.